The lowest BCUT2D eigenvalue weighted by atomic mass is 9.76. The summed E-state index contributed by atoms with van der Waals surface area (Å²) in [6.45, 7) is 7.24. The van der Waals surface area contributed by atoms with Gasteiger partial charge in [-0.05, 0) is 49.4 Å². The maximum absolute atomic E-state index is 12.9. The first-order chi connectivity index (χ1) is 14.6. The number of nitrogens with zero attached hydrogens (tertiary/aromatic N) is 1. The van der Waals surface area contributed by atoms with Gasteiger partial charge in [-0.3, -0.25) is 19.3 Å². The Hall–Kier alpha value is -2.93. The average molecular weight is 424 g/mol. The summed E-state index contributed by atoms with van der Waals surface area (Å²) < 4.78 is 5.86. The van der Waals surface area contributed by atoms with Gasteiger partial charge in [-0.25, -0.2) is 0 Å². The van der Waals surface area contributed by atoms with Crippen molar-refractivity contribution in [3.63, 3.8) is 0 Å². The topological polar surface area (TPSA) is 106 Å². The van der Waals surface area contributed by atoms with E-state index in [0.717, 1.165) is 24.9 Å². The van der Waals surface area contributed by atoms with Gasteiger partial charge in [0.2, 0.25) is 5.91 Å². The Labute approximate surface area is 182 Å². The van der Waals surface area contributed by atoms with Crippen molar-refractivity contribution in [2.75, 3.05) is 11.9 Å². The van der Waals surface area contributed by atoms with Gasteiger partial charge in [-0.1, -0.05) is 26.0 Å². The third-order valence-electron chi connectivity index (χ3n) is 6.25. The molecule has 1 atom stereocenters. The minimum Gasteiger partial charge on any atom is -0.455 e. The van der Waals surface area contributed by atoms with Crippen LogP contribution in [0, 0.1) is 12.3 Å². The Kier molecular flexibility index (Phi) is 5.47. The van der Waals surface area contributed by atoms with Crippen LogP contribution in [0.1, 0.15) is 70.9 Å². The Morgan fingerprint density at radius 3 is 2.81 bits per heavy atom. The zero-order valence-corrected chi connectivity index (χ0v) is 18.3. The second-order valence-electron chi connectivity index (χ2n) is 9.48. The fourth-order valence-electron chi connectivity index (χ4n) is 4.81. The van der Waals surface area contributed by atoms with Crippen LogP contribution < -0.4 is 11.1 Å². The fourth-order valence-corrected chi connectivity index (χ4v) is 4.81. The molecule has 3 N–H and O–H groups in total. The van der Waals surface area contributed by atoms with Crippen molar-refractivity contribution in [1.29, 1.82) is 0 Å². The number of benzene rings is 1. The van der Waals surface area contributed by atoms with E-state index in [1.165, 1.54) is 0 Å². The lowest BCUT2D eigenvalue weighted by Crippen LogP contribution is -2.39. The van der Waals surface area contributed by atoms with Gasteiger partial charge in [0.05, 0.1) is 11.6 Å². The van der Waals surface area contributed by atoms with Crippen LogP contribution in [-0.2, 0) is 17.8 Å². The monoisotopic (exact) mass is 423 g/mol. The number of hydrogen-bond donors (Lipinski definition) is 2. The quantitative estimate of drug-likeness (QED) is 0.766. The predicted octanol–water partition coefficient (Wildman–Crippen LogP) is 3.45. The normalized spacial score (nSPS) is 20.5. The number of carbonyl (C=O) groups excluding carboxylic acids is 3. The minimum atomic E-state index is -0.370. The number of rotatable bonds is 5. The molecule has 2 heterocycles. The molecule has 1 unspecified atom stereocenters. The summed E-state index contributed by atoms with van der Waals surface area (Å²) in [6, 6.07) is 7.29. The first kappa shape index (κ1) is 21.3. The zero-order valence-electron chi connectivity index (χ0n) is 18.3. The number of ketones is 1. The van der Waals surface area contributed by atoms with Crippen LogP contribution in [-0.4, -0.2) is 35.1 Å². The molecule has 7 nitrogen and oxygen atoms in total. The number of anilines is 1. The fraction of sp³-hybridized carbons (Fsp3) is 0.458. The third-order valence-corrected chi connectivity index (χ3v) is 6.25. The lowest BCUT2D eigenvalue weighted by Gasteiger charge is -2.27. The summed E-state index contributed by atoms with van der Waals surface area (Å²) in [6.07, 6.45) is 2.81. The van der Waals surface area contributed by atoms with Gasteiger partial charge in [0.25, 0.3) is 5.91 Å². The van der Waals surface area contributed by atoms with Crippen LogP contribution >= 0.6 is 0 Å². The first-order valence-electron chi connectivity index (χ1n) is 10.7. The number of likely N-dealkylation sites (tertiary alicyclic amines) is 1. The maximum Gasteiger partial charge on any atom is 0.291 e. The molecule has 0 bridgehead atoms. The molecule has 2 amide bonds. The van der Waals surface area contributed by atoms with Gasteiger partial charge < -0.3 is 15.5 Å². The molecule has 1 aliphatic heterocycles. The number of hydrogen-bond acceptors (Lipinski definition) is 5. The molecule has 1 aliphatic carbocycles. The molecule has 2 aliphatic rings. The van der Waals surface area contributed by atoms with Crippen LogP contribution in [0.4, 0.5) is 5.69 Å². The van der Waals surface area contributed by atoms with Gasteiger partial charge in [-0.15, -0.1) is 0 Å². The Balaban J connectivity index is 1.51. The summed E-state index contributed by atoms with van der Waals surface area (Å²) in [4.78, 5) is 39.2. The van der Waals surface area contributed by atoms with Crippen molar-refractivity contribution in [2.45, 2.75) is 59.0 Å². The first-order valence-corrected chi connectivity index (χ1v) is 10.7. The number of furan rings is 1. The van der Waals surface area contributed by atoms with E-state index >= 15 is 0 Å². The highest BCUT2D eigenvalue weighted by atomic mass is 16.4. The van der Waals surface area contributed by atoms with Crippen molar-refractivity contribution in [1.82, 2.24) is 4.90 Å². The van der Waals surface area contributed by atoms with Gasteiger partial charge in [-0.2, -0.15) is 0 Å². The highest BCUT2D eigenvalue weighted by Gasteiger charge is 2.37. The molecule has 4 rings (SSSR count). The van der Waals surface area contributed by atoms with Crippen LogP contribution in [0.15, 0.2) is 28.7 Å². The van der Waals surface area contributed by atoms with Crippen LogP contribution in [0.2, 0.25) is 0 Å². The van der Waals surface area contributed by atoms with Gasteiger partial charge in [0.15, 0.2) is 11.5 Å². The summed E-state index contributed by atoms with van der Waals surface area (Å²) in [5.74, 6) is 0.157. The molecule has 31 heavy (non-hydrogen) atoms. The van der Waals surface area contributed by atoms with Crippen molar-refractivity contribution in [3.05, 3.63) is 52.5 Å². The number of carbonyl (C=O) groups is 3. The average Bonchev–Trinajstić information content (AvgIpc) is 3.25. The molecule has 0 radical (unpaired) electrons. The number of nitrogens with two attached hydrogens (primary N) is 1. The van der Waals surface area contributed by atoms with Crippen LogP contribution in [0.25, 0.3) is 0 Å². The van der Waals surface area contributed by atoms with E-state index in [1.807, 2.05) is 38.1 Å². The number of Topliss-reactive ketones (excluding diaryl/α,β-unsaturated/α-hetero) is 1. The predicted molar refractivity (Wildman–Crippen MR) is 117 cm³/mol. The Morgan fingerprint density at radius 1 is 1.29 bits per heavy atom. The highest BCUT2D eigenvalue weighted by Crippen LogP contribution is 2.38. The molecule has 164 valence electrons. The van der Waals surface area contributed by atoms with E-state index in [9.17, 15) is 14.4 Å². The van der Waals surface area contributed by atoms with Gasteiger partial charge in [0, 0.05) is 30.6 Å². The van der Waals surface area contributed by atoms with E-state index in [0.29, 0.717) is 42.0 Å². The molecule has 1 aromatic heterocycles. The molecule has 1 saturated heterocycles. The van der Waals surface area contributed by atoms with Crippen LogP contribution in [0.3, 0.4) is 0 Å². The molecule has 1 fully saturated rings. The molecular weight excluding hydrogens is 394 g/mol. The molecule has 0 spiro atoms. The minimum absolute atomic E-state index is 0.0307. The zero-order chi connectivity index (χ0) is 22.3. The SMILES string of the molecule is Cc1c(C(=O)Nc2cccc(CN3CCCC3C(N)=O)c2)oc2c1C(=O)CC(C)(C)C2. The maximum atomic E-state index is 12.9. The van der Waals surface area contributed by atoms with Crippen molar-refractivity contribution in [3.8, 4) is 0 Å². The molecule has 7 heteroatoms. The number of fused-ring (bicyclic) bond motifs is 1. The number of nitrogens with one attached hydrogen (secondary N) is 1. The molecule has 1 aromatic carbocycles. The van der Waals surface area contributed by atoms with E-state index in [-0.39, 0.29) is 34.8 Å². The second-order valence-corrected chi connectivity index (χ2v) is 9.48. The van der Waals surface area contributed by atoms with E-state index in [1.54, 1.807) is 6.92 Å². The Morgan fingerprint density at radius 2 is 2.06 bits per heavy atom. The summed E-state index contributed by atoms with van der Waals surface area (Å²) in [5, 5.41) is 2.89. The molecular formula is C24H29N3O4. The standard InChI is InChI=1S/C24H29N3O4/c1-14-20-18(28)11-24(2,3)12-19(20)31-21(14)23(30)26-16-7-4-6-15(10-16)13-27-9-5-8-17(27)22(25)29/h4,6-7,10,17H,5,8-9,11-13H2,1-3H3,(H2,25,29)(H,26,30). The van der Waals surface area contributed by atoms with E-state index in [4.69, 9.17) is 10.2 Å². The van der Waals surface area contributed by atoms with E-state index < -0.39 is 0 Å². The van der Waals surface area contributed by atoms with Crippen molar-refractivity contribution >= 4 is 23.3 Å². The summed E-state index contributed by atoms with van der Waals surface area (Å²) in [5.41, 5.74) is 8.12. The van der Waals surface area contributed by atoms with Crippen LogP contribution in [0.5, 0.6) is 0 Å². The molecule has 2 aromatic rings. The van der Waals surface area contributed by atoms with Gasteiger partial charge in [0.1, 0.15) is 5.76 Å². The Bertz CT molecular complexity index is 1050. The second kappa shape index (κ2) is 7.96. The summed E-state index contributed by atoms with van der Waals surface area (Å²) in [7, 11) is 0. The number of primary amides is 1. The third kappa shape index (κ3) is 4.28. The number of amides is 2. The van der Waals surface area contributed by atoms with E-state index in [2.05, 4.69) is 10.2 Å². The lowest BCUT2D eigenvalue weighted by molar-refractivity contribution is -0.122. The largest absolute Gasteiger partial charge is 0.455 e. The molecule has 0 saturated carbocycles. The summed E-state index contributed by atoms with van der Waals surface area (Å²) >= 11 is 0. The van der Waals surface area contributed by atoms with Crippen molar-refractivity contribution < 1.29 is 18.8 Å². The van der Waals surface area contributed by atoms with Crippen molar-refractivity contribution in [2.24, 2.45) is 11.1 Å². The smallest absolute Gasteiger partial charge is 0.291 e. The van der Waals surface area contributed by atoms with Gasteiger partial charge >= 0.3 is 0 Å². The highest BCUT2D eigenvalue weighted by molar-refractivity contribution is 6.07.